The van der Waals surface area contributed by atoms with Crippen LogP contribution in [0.15, 0.2) is 18.2 Å². The number of nitrogens with one attached hydrogen (secondary N) is 1. The summed E-state index contributed by atoms with van der Waals surface area (Å²) in [6.07, 6.45) is -9.79. The molecule has 0 atom stereocenters. The minimum atomic E-state index is -4.95. The molecule has 0 aliphatic carbocycles. The van der Waals surface area contributed by atoms with Gasteiger partial charge in [-0.05, 0) is 18.2 Å². The average molecular weight is 228 g/mol. The summed E-state index contributed by atoms with van der Waals surface area (Å²) in [5.74, 6) is 0. The Labute approximate surface area is 80.5 Å². The fourth-order valence-electron chi connectivity index (χ4n) is 0.955. The molecule has 0 aromatic heterocycles. The Kier molecular flexibility index (Phi) is 2.58. The van der Waals surface area contributed by atoms with E-state index >= 15 is 0 Å². The van der Waals surface area contributed by atoms with Crippen LogP contribution >= 0.6 is 0 Å². The molecule has 0 spiro atoms. The van der Waals surface area contributed by atoms with Gasteiger partial charge in [0.2, 0.25) is 0 Å². The van der Waals surface area contributed by atoms with Gasteiger partial charge in [0.25, 0.3) is 0 Å². The molecule has 0 saturated heterocycles. The van der Waals surface area contributed by atoms with E-state index in [1.165, 1.54) is 0 Å². The predicted octanol–water partition coefficient (Wildman–Crippen LogP) is 3.64. The van der Waals surface area contributed by atoms with Crippen LogP contribution in [0.5, 0.6) is 0 Å². The molecule has 1 aromatic rings. The van der Waals surface area contributed by atoms with Gasteiger partial charge in [0, 0.05) is 0 Å². The Morgan fingerprint density at radius 3 is 1.80 bits per heavy atom. The van der Waals surface area contributed by atoms with Crippen molar-refractivity contribution in [2.75, 3.05) is 0 Å². The molecule has 1 N–H and O–H groups in total. The van der Waals surface area contributed by atoms with Crippen molar-refractivity contribution in [3.05, 3.63) is 29.3 Å². The highest BCUT2D eigenvalue weighted by Gasteiger charge is 2.37. The molecule has 1 rings (SSSR count). The van der Waals surface area contributed by atoms with Gasteiger partial charge in [0.1, 0.15) is 0 Å². The van der Waals surface area contributed by atoms with E-state index in [1.807, 2.05) is 0 Å². The van der Waals surface area contributed by atoms with Gasteiger partial charge in [-0.25, -0.2) is 0 Å². The van der Waals surface area contributed by atoms with Crippen LogP contribution in [0.1, 0.15) is 11.1 Å². The zero-order valence-corrected chi connectivity index (χ0v) is 7.00. The molecule has 1 nitrogen and oxygen atoms in total. The second-order valence-corrected chi connectivity index (χ2v) is 2.76. The van der Waals surface area contributed by atoms with Gasteiger partial charge in [-0.2, -0.15) is 26.3 Å². The summed E-state index contributed by atoms with van der Waals surface area (Å²) >= 11 is 0. The zero-order chi connectivity index (χ0) is 11.9. The Morgan fingerprint density at radius 2 is 1.40 bits per heavy atom. The lowest BCUT2D eigenvalue weighted by molar-refractivity contribution is -0.142. The molecule has 1 radical (unpaired) electrons. The maximum Gasteiger partial charge on any atom is 0.418 e. The minimum absolute atomic E-state index is 0.0671. The monoisotopic (exact) mass is 228 g/mol. The summed E-state index contributed by atoms with van der Waals surface area (Å²) in [4.78, 5) is 0. The van der Waals surface area contributed by atoms with Gasteiger partial charge in [0.05, 0.1) is 16.8 Å². The number of benzene rings is 1. The fraction of sp³-hybridized carbons (Fsp3) is 0.250. The number of alkyl halides is 6. The molecule has 0 unspecified atom stereocenters. The van der Waals surface area contributed by atoms with E-state index < -0.39 is 29.2 Å². The van der Waals surface area contributed by atoms with Crippen molar-refractivity contribution < 1.29 is 26.3 Å². The zero-order valence-electron chi connectivity index (χ0n) is 7.00. The van der Waals surface area contributed by atoms with Crippen LogP contribution < -0.4 is 5.73 Å². The molecule has 83 valence electrons. The highest BCUT2D eigenvalue weighted by atomic mass is 19.4. The summed E-state index contributed by atoms with van der Waals surface area (Å²) in [6, 6.07) is 0.853. The van der Waals surface area contributed by atoms with Crippen molar-refractivity contribution in [3.63, 3.8) is 0 Å². The van der Waals surface area contributed by atoms with Crippen molar-refractivity contribution in [1.29, 1.82) is 0 Å². The van der Waals surface area contributed by atoms with Crippen molar-refractivity contribution in [2.45, 2.75) is 12.4 Å². The van der Waals surface area contributed by atoms with Crippen LogP contribution in [-0.4, -0.2) is 0 Å². The molecule has 0 amide bonds. The summed E-state index contributed by atoms with van der Waals surface area (Å²) in [6.45, 7) is 0. The van der Waals surface area contributed by atoms with Crippen LogP contribution in [0.2, 0.25) is 0 Å². The summed E-state index contributed by atoms with van der Waals surface area (Å²) < 4.78 is 72.6. The van der Waals surface area contributed by atoms with Crippen molar-refractivity contribution >= 4 is 5.69 Å². The normalized spacial score (nSPS) is 12.9. The highest BCUT2D eigenvalue weighted by Crippen LogP contribution is 2.38. The van der Waals surface area contributed by atoms with Gasteiger partial charge in [-0.15, -0.1) is 0 Å². The van der Waals surface area contributed by atoms with Gasteiger partial charge in [-0.1, -0.05) is 0 Å². The van der Waals surface area contributed by atoms with Crippen LogP contribution in [0.25, 0.3) is 0 Å². The van der Waals surface area contributed by atoms with E-state index in [-0.39, 0.29) is 6.07 Å². The van der Waals surface area contributed by atoms with Crippen molar-refractivity contribution in [3.8, 4) is 0 Å². The number of hydrogen-bond donors (Lipinski definition) is 0. The van der Waals surface area contributed by atoms with Crippen LogP contribution in [0.3, 0.4) is 0 Å². The molecule has 7 heteroatoms. The maximum atomic E-state index is 12.1. The first-order valence-electron chi connectivity index (χ1n) is 3.62. The molecule has 0 fully saturated rings. The molecule has 0 aliphatic heterocycles. The van der Waals surface area contributed by atoms with E-state index in [2.05, 4.69) is 0 Å². The van der Waals surface area contributed by atoms with E-state index in [0.29, 0.717) is 12.1 Å². The van der Waals surface area contributed by atoms with E-state index in [4.69, 9.17) is 5.73 Å². The standard InChI is InChI=1S/C8H4F6N/c9-7(10,11)4-1-2-6(15)5(3-4)8(12,13)14/h1-3,15H. The fourth-order valence-corrected chi connectivity index (χ4v) is 0.955. The molecule has 0 aliphatic rings. The Bertz CT molecular complexity index is 364. The topological polar surface area (TPSA) is 23.8 Å². The second kappa shape index (κ2) is 3.32. The third-order valence-corrected chi connectivity index (χ3v) is 1.65. The first-order chi connectivity index (χ1) is 6.62. The van der Waals surface area contributed by atoms with Crippen molar-refractivity contribution in [2.24, 2.45) is 0 Å². The van der Waals surface area contributed by atoms with Crippen LogP contribution in [0.4, 0.5) is 32.0 Å². The SMILES string of the molecule is [NH]c1ccc(C(F)(F)F)cc1C(F)(F)F. The van der Waals surface area contributed by atoms with Gasteiger partial charge in [-0.3, -0.25) is 0 Å². The maximum absolute atomic E-state index is 12.1. The lowest BCUT2D eigenvalue weighted by atomic mass is 10.1. The molecule has 15 heavy (non-hydrogen) atoms. The average Bonchev–Trinajstić information content (AvgIpc) is 2.00. The summed E-state index contributed by atoms with van der Waals surface area (Å²) in [5.41, 5.74) is 2.87. The quantitative estimate of drug-likeness (QED) is 0.605. The highest BCUT2D eigenvalue weighted by molar-refractivity contribution is 5.47. The Morgan fingerprint density at radius 1 is 0.867 bits per heavy atom. The molecule has 0 bridgehead atoms. The minimum Gasteiger partial charge on any atom is -0.300 e. The summed E-state index contributed by atoms with van der Waals surface area (Å²) in [7, 11) is 0. The Hall–Kier alpha value is -1.40. The number of rotatable bonds is 0. The van der Waals surface area contributed by atoms with Crippen LogP contribution in [-0.2, 0) is 12.4 Å². The van der Waals surface area contributed by atoms with Gasteiger partial charge in [0.15, 0.2) is 0 Å². The first-order valence-corrected chi connectivity index (χ1v) is 3.62. The predicted molar refractivity (Wildman–Crippen MR) is 39.2 cm³/mol. The molecular weight excluding hydrogens is 224 g/mol. The van der Waals surface area contributed by atoms with Gasteiger partial charge < -0.3 is 5.73 Å². The van der Waals surface area contributed by atoms with E-state index in [9.17, 15) is 26.3 Å². The third-order valence-electron chi connectivity index (χ3n) is 1.65. The first kappa shape index (κ1) is 11.7. The third kappa shape index (κ3) is 2.54. The molecule has 0 saturated carbocycles. The lowest BCUT2D eigenvalue weighted by Crippen LogP contribution is -2.11. The molecular formula is C8H4F6N. The number of hydrogen-bond acceptors (Lipinski definition) is 0. The van der Waals surface area contributed by atoms with E-state index in [0.717, 1.165) is 0 Å². The largest absolute Gasteiger partial charge is 0.418 e. The lowest BCUT2D eigenvalue weighted by Gasteiger charge is -2.12. The van der Waals surface area contributed by atoms with Gasteiger partial charge >= 0.3 is 12.4 Å². The van der Waals surface area contributed by atoms with E-state index in [1.54, 1.807) is 0 Å². The van der Waals surface area contributed by atoms with Crippen LogP contribution in [0, 0.1) is 0 Å². The second-order valence-electron chi connectivity index (χ2n) is 2.76. The smallest absolute Gasteiger partial charge is 0.300 e. The number of halogens is 6. The summed E-state index contributed by atoms with van der Waals surface area (Å²) in [5, 5.41) is 0. The van der Waals surface area contributed by atoms with Crippen molar-refractivity contribution in [1.82, 2.24) is 5.73 Å². The molecule has 0 heterocycles. The Balaban J connectivity index is 3.30. The molecule has 1 aromatic carbocycles.